The van der Waals surface area contributed by atoms with Crippen molar-refractivity contribution in [1.29, 1.82) is 0 Å². The van der Waals surface area contributed by atoms with Crippen molar-refractivity contribution in [2.45, 2.75) is 0 Å². The lowest BCUT2D eigenvalue weighted by Gasteiger charge is -1.91. The number of nitrogens with zero attached hydrogens (tertiary/aromatic N) is 1. The van der Waals surface area contributed by atoms with E-state index < -0.39 is 0 Å². The van der Waals surface area contributed by atoms with Gasteiger partial charge in [0.1, 0.15) is 0 Å². The lowest BCUT2D eigenvalue weighted by molar-refractivity contribution is 1.04. The van der Waals surface area contributed by atoms with Gasteiger partial charge in [-0.1, -0.05) is 0 Å². The molecule has 1 heterocycles. The minimum absolute atomic E-state index is 0.177. The molecule has 0 spiro atoms. The molecule has 11 heavy (non-hydrogen) atoms. The second kappa shape index (κ2) is 4.05. The lowest BCUT2D eigenvalue weighted by atomic mass is 10.4. The first-order chi connectivity index (χ1) is 5.29. The van der Waals surface area contributed by atoms with E-state index in [1.165, 1.54) is 0 Å². The summed E-state index contributed by atoms with van der Waals surface area (Å²) in [6.07, 6.45) is 1.66. The van der Waals surface area contributed by atoms with E-state index >= 15 is 0 Å². The maximum Gasteiger partial charge on any atom is 0.184 e. The van der Waals surface area contributed by atoms with Crippen LogP contribution in [-0.2, 0) is 0 Å². The van der Waals surface area contributed by atoms with Gasteiger partial charge in [0.15, 0.2) is 5.11 Å². The minimum atomic E-state index is 0.177. The van der Waals surface area contributed by atoms with Crippen molar-refractivity contribution in [3.05, 3.63) is 22.4 Å². The molecule has 1 aromatic heterocycles. The molecule has 0 bridgehead atoms. The maximum absolute atomic E-state index is 5.14. The average molecular weight is 185 g/mol. The van der Waals surface area contributed by atoms with Crippen LogP contribution < -0.4 is 11.2 Å². The van der Waals surface area contributed by atoms with Crippen molar-refractivity contribution in [1.82, 2.24) is 5.43 Å². The highest BCUT2D eigenvalue weighted by atomic mass is 32.1. The van der Waals surface area contributed by atoms with Crippen LogP contribution in [-0.4, -0.2) is 11.3 Å². The van der Waals surface area contributed by atoms with E-state index in [2.05, 4.69) is 22.7 Å². The van der Waals surface area contributed by atoms with Crippen LogP contribution in [0, 0.1) is 0 Å². The van der Waals surface area contributed by atoms with Crippen LogP contribution in [0.1, 0.15) is 5.56 Å². The van der Waals surface area contributed by atoms with Crippen LogP contribution in [0.2, 0.25) is 0 Å². The molecule has 0 unspecified atom stereocenters. The van der Waals surface area contributed by atoms with Gasteiger partial charge in [-0.15, -0.1) is 0 Å². The normalized spacial score (nSPS) is 10.2. The number of nitrogens with one attached hydrogen (secondary N) is 1. The van der Waals surface area contributed by atoms with Gasteiger partial charge in [0.2, 0.25) is 0 Å². The van der Waals surface area contributed by atoms with Gasteiger partial charge in [-0.3, -0.25) is 5.43 Å². The number of nitrogens with two attached hydrogens (primary N) is 1. The van der Waals surface area contributed by atoms with E-state index in [0.29, 0.717) is 0 Å². The van der Waals surface area contributed by atoms with Crippen molar-refractivity contribution in [3.63, 3.8) is 0 Å². The summed E-state index contributed by atoms with van der Waals surface area (Å²) in [5.41, 5.74) is 8.65. The smallest absolute Gasteiger partial charge is 0.184 e. The van der Waals surface area contributed by atoms with Crippen LogP contribution in [0.15, 0.2) is 21.9 Å². The van der Waals surface area contributed by atoms with Crippen LogP contribution in [0.25, 0.3) is 0 Å². The number of rotatable bonds is 2. The molecule has 58 valence electrons. The zero-order valence-electron chi connectivity index (χ0n) is 5.65. The summed E-state index contributed by atoms with van der Waals surface area (Å²) in [6, 6.07) is 1.95. The van der Waals surface area contributed by atoms with Gasteiger partial charge in [-0.25, -0.2) is 0 Å². The van der Waals surface area contributed by atoms with Gasteiger partial charge in [0.05, 0.1) is 6.21 Å². The van der Waals surface area contributed by atoms with Gasteiger partial charge in [-0.2, -0.15) is 16.4 Å². The standard InChI is InChI=1S/C6H7N3S2/c7-6(10)9-8-3-5-1-2-11-4-5/h1-4H,(H3,7,9,10)/b8-3+. The molecule has 0 aromatic carbocycles. The average Bonchev–Trinajstić information content (AvgIpc) is 2.39. The highest BCUT2D eigenvalue weighted by molar-refractivity contribution is 7.80. The first-order valence-corrected chi connectivity index (χ1v) is 4.25. The predicted octanol–water partition coefficient (Wildman–Crippen LogP) is 0.915. The molecule has 0 radical (unpaired) electrons. The Hall–Kier alpha value is -0.940. The Kier molecular flexibility index (Phi) is 3.00. The Balaban J connectivity index is 2.43. The molecule has 0 aliphatic carbocycles. The zero-order chi connectivity index (χ0) is 8.10. The van der Waals surface area contributed by atoms with Crippen LogP contribution in [0.4, 0.5) is 0 Å². The first-order valence-electron chi connectivity index (χ1n) is 2.90. The molecular formula is C6H7N3S2. The molecule has 0 fully saturated rings. The van der Waals surface area contributed by atoms with E-state index in [0.717, 1.165) is 5.56 Å². The summed E-state index contributed by atoms with van der Waals surface area (Å²) >= 11 is 6.16. The van der Waals surface area contributed by atoms with Crippen molar-refractivity contribution < 1.29 is 0 Å². The molecule has 0 aliphatic heterocycles. The molecule has 1 aromatic rings. The second-order valence-corrected chi connectivity index (χ2v) is 3.01. The van der Waals surface area contributed by atoms with Gasteiger partial charge in [0, 0.05) is 5.56 Å². The molecule has 0 amide bonds. The fraction of sp³-hybridized carbons (Fsp3) is 0. The second-order valence-electron chi connectivity index (χ2n) is 1.79. The Bertz CT molecular complexity index is 253. The third kappa shape index (κ3) is 3.10. The first kappa shape index (κ1) is 8.16. The Labute approximate surface area is 73.9 Å². The van der Waals surface area contributed by atoms with Crippen LogP contribution >= 0.6 is 23.6 Å². The van der Waals surface area contributed by atoms with Crippen molar-refractivity contribution in [2.24, 2.45) is 10.8 Å². The van der Waals surface area contributed by atoms with Gasteiger partial charge < -0.3 is 5.73 Å². The lowest BCUT2D eigenvalue weighted by Crippen LogP contribution is -2.23. The van der Waals surface area contributed by atoms with Crippen LogP contribution in [0.5, 0.6) is 0 Å². The van der Waals surface area contributed by atoms with Gasteiger partial charge >= 0.3 is 0 Å². The van der Waals surface area contributed by atoms with E-state index in [4.69, 9.17) is 5.73 Å². The fourth-order valence-electron chi connectivity index (χ4n) is 0.519. The summed E-state index contributed by atoms with van der Waals surface area (Å²) in [7, 11) is 0. The molecule has 0 saturated carbocycles. The Morgan fingerprint density at radius 3 is 3.18 bits per heavy atom. The highest BCUT2D eigenvalue weighted by Crippen LogP contribution is 2.01. The predicted molar refractivity (Wildman–Crippen MR) is 51.8 cm³/mol. The van der Waals surface area contributed by atoms with Crippen molar-refractivity contribution >= 4 is 34.9 Å². The van der Waals surface area contributed by atoms with E-state index in [1.807, 2.05) is 16.8 Å². The minimum Gasteiger partial charge on any atom is -0.375 e. The third-order valence-corrected chi connectivity index (χ3v) is 1.72. The summed E-state index contributed by atoms with van der Waals surface area (Å²) in [6.45, 7) is 0. The molecule has 1 rings (SSSR count). The number of thiocarbonyl (C=S) groups is 1. The largest absolute Gasteiger partial charge is 0.375 e. The van der Waals surface area contributed by atoms with E-state index in [9.17, 15) is 0 Å². The molecule has 3 N–H and O–H groups in total. The molecular weight excluding hydrogens is 178 g/mol. The molecule has 0 aliphatic rings. The number of thiophene rings is 1. The quantitative estimate of drug-likeness (QED) is 0.409. The van der Waals surface area contributed by atoms with Crippen molar-refractivity contribution in [3.8, 4) is 0 Å². The summed E-state index contributed by atoms with van der Waals surface area (Å²) in [4.78, 5) is 0. The monoisotopic (exact) mass is 185 g/mol. The summed E-state index contributed by atoms with van der Waals surface area (Å²) in [5, 5.41) is 7.91. The Morgan fingerprint density at radius 1 is 1.82 bits per heavy atom. The molecule has 0 atom stereocenters. The molecule has 3 nitrogen and oxygen atoms in total. The summed E-state index contributed by atoms with van der Waals surface area (Å²) < 4.78 is 0. The number of hydrogen-bond donors (Lipinski definition) is 2. The molecule has 0 saturated heterocycles. The topological polar surface area (TPSA) is 50.4 Å². The Morgan fingerprint density at radius 2 is 2.64 bits per heavy atom. The highest BCUT2D eigenvalue weighted by Gasteiger charge is 1.84. The number of hydrazone groups is 1. The third-order valence-electron chi connectivity index (χ3n) is 0.932. The summed E-state index contributed by atoms with van der Waals surface area (Å²) in [5.74, 6) is 0. The number of hydrogen-bond acceptors (Lipinski definition) is 3. The maximum atomic E-state index is 5.14. The fourth-order valence-corrected chi connectivity index (χ4v) is 1.18. The van der Waals surface area contributed by atoms with Crippen molar-refractivity contribution in [2.75, 3.05) is 0 Å². The SMILES string of the molecule is NC(=S)N/N=C/c1ccsc1. The van der Waals surface area contributed by atoms with Crippen LogP contribution in [0.3, 0.4) is 0 Å². The molecule has 5 heteroatoms. The zero-order valence-corrected chi connectivity index (χ0v) is 7.28. The van der Waals surface area contributed by atoms with E-state index in [-0.39, 0.29) is 5.11 Å². The van der Waals surface area contributed by atoms with Gasteiger partial charge in [0.25, 0.3) is 0 Å². The van der Waals surface area contributed by atoms with Gasteiger partial charge in [-0.05, 0) is 29.0 Å². The van der Waals surface area contributed by atoms with E-state index in [1.54, 1.807) is 17.6 Å².